The zero-order chi connectivity index (χ0) is 25.0. The van der Waals surface area contributed by atoms with Crippen molar-refractivity contribution in [2.45, 2.75) is 26.8 Å². The number of aliphatic hydroxyl groups is 1. The fraction of sp³-hybridized carbons (Fsp3) is 0.160. The number of rotatable bonds is 4. The molecule has 3 aromatic heterocycles. The highest BCUT2D eigenvalue weighted by Gasteiger charge is 2.48. The number of fused-ring (bicyclic) bond motifs is 1. The Morgan fingerprint density at radius 3 is 2.54 bits per heavy atom. The van der Waals surface area contributed by atoms with Crippen molar-refractivity contribution in [2.24, 2.45) is 0 Å². The molecule has 1 atom stereocenters. The lowest BCUT2D eigenvalue weighted by Crippen LogP contribution is -2.29. The summed E-state index contributed by atoms with van der Waals surface area (Å²) in [6, 6.07) is 11.6. The van der Waals surface area contributed by atoms with Crippen LogP contribution in [0.2, 0.25) is 0 Å². The van der Waals surface area contributed by atoms with Crippen LogP contribution in [0.4, 0.5) is 5.13 Å². The van der Waals surface area contributed by atoms with Gasteiger partial charge < -0.3 is 5.11 Å². The van der Waals surface area contributed by atoms with E-state index < -0.39 is 17.7 Å². The first-order valence-electron chi connectivity index (χ1n) is 10.7. The van der Waals surface area contributed by atoms with E-state index in [2.05, 4.69) is 25.9 Å². The molecule has 1 fully saturated rings. The minimum absolute atomic E-state index is 0.0703. The first kappa shape index (κ1) is 23.1. The molecule has 35 heavy (non-hydrogen) atoms. The Kier molecular flexibility index (Phi) is 5.65. The number of Topliss-reactive ketones (excluding diaryl/α,β-unsaturated/α-hetero) is 2. The first-order valence-corrected chi connectivity index (χ1v) is 12.3. The lowest BCUT2D eigenvalue weighted by atomic mass is 9.96. The van der Waals surface area contributed by atoms with Gasteiger partial charge in [0.05, 0.1) is 27.9 Å². The highest BCUT2D eigenvalue weighted by Crippen LogP contribution is 2.44. The summed E-state index contributed by atoms with van der Waals surface area (Å²) in [6.45, 7) is 4.84. The van der Waals surface area contributed by atoms with Crippen molar-refractivity contribution in [3.05, 3.63) is 86.2 Å². The summed E-state index contributed by atoms with van der Waals surface area (Å²) in [5.74, 6) is -2.17. The number of amides is 1. The molecule has 4 heterocycles. The molecule has 1 amide bonds. The van der Waals surface area contributed by atoms with Gasteiger partial charge in [0.25, 0.3) is 5.78 Å². The number of aromatic nitrogens is 3. The normalized spacial score (nSPS) is 17.5. The number of hydrogen-bond acceptors (Lipinski definition) is 7. The number of imidazole rings is 1. The van der Waals surface area contributed by atoms with E-state index in [4.69, 9.17) is 0 Å². The minimum Gasteiger partial charge on any atom is -0.505 e. The number of aryl methyl sites for hydroxylation is 2. The molecule has 1 N–H and O–H groups in total. The Balaban J connectivity index is 1.79. The molecule has 1 aliphatic heterocycles. The highest BCUT2D eigenvalue weighted by atomic mass is 79.9. The summed E-state index contributed by atoms with van der Waals surface area (Å²) in [4.78, 5) is 49.5. The molecule has 1 unspecified atom stereocenters. The molecule has 176 valence electrons. The number of carbonyl (C=O) groups excluding carboxylic acids is 3. The van der Waals surface area contributed by atoms with E-state index in [0.717, 1.165) is 15.8 Å². The summed E-state index contributed by atoms with van der Waals surface area (Å²) in [6.07, 6.45) is 1.73. The second-order valence-electron chi connectivity index (χ2n) is 8.17. The number of benzene rings is 1. The third-order valence-corrected chi connectivity index (χ3v) is 7.60. The van der Waals surface area contributed by atoms with Gasteiger partial charge in [-0.05, 0) is 43.7 Å². The van der Waals surface area contributed by atoms with Crippen molar-refractivity contribution in [2.75, 3.05) is 4.90 Å². The number of thiazole rings is 1. The number of anilines is 1. The summed E-state index contributed by atoms with van der Waals surface area (Å²) >= 11 is 4.50. The fourth-order valence-corrected chi connectivity index (χ4v) is 5.77. The van der Waals surface area contributed by atoms with Crippen molar-refractivity contribution in [3.8, 4) is 0 Å². The SMILES string of the molecule is CC(=O)c1sc(N2C(=O)C(=O)/C(=C(/O)c3c(C)nc4ccccn34)C2c2cccc(Br)c2)nc1C. The molecular weight excluding hydrogens is 532 g/mol. The Morgan fingerprint density at radius 1 is 1.09 bits per heavy atom. The van der Waals surface area contributed by atoms with Crippen molar-refractivity contribution < 1.29 is 19.5 Å². The van der Waals surface area contributed by atoms with E-state index in [1.807, 2.05) is 12.1 Å². The second kappa shape index (κ2) is 8.54. The number of pyridine rings is 1. The van der Waals surface area contributed by atoms with Crippen LogP contribution >= 0.6 is 27.3 Å². The van der Waals surface area contributed by atoms with Gasteiger partial charge in [-0.25, -0.2) is 9.97 Å². The lowest BCUT2D eigenvalue weighted by molar-refractivity contribution is -0.132. The van der Waals surface area contributed by atoms with Crippen LogP contribution in [0.15, 0.2) is 58.7 Å². The molecule has 5 rings (SSSR count). The predicted octanol–water partition coefficient (Wildman–Crippen LogP) is 5.00. The van der Waals surface area contributed by atoms with Gasteiger partial charge >= 0.3 is 5.91 Å². The third kappa shape index (κ3) is 3.69. The van der Waals surface area contributed by atoms with E-state index in [-0.39, 0.29) is 22.2 Å². The van der Waals surface area contributed by atoms with Crippen molar-refractivity contribution >= 4 is 61.3 Å². The van der Waals surface area contributed by atoms with E-state index in [9.17, 15) is 19.5 Å². The highest BCUT2D eigenvalue weighted by molar-refractivity contribution is 9.10. The number of aliphatic hydroxyl groups excluding tert-OH is 1. The van der Waals surface area contributed by atoms with Crippen LogP contribution < -0.4 is 4.90 Å². The molecule has 1 saturated heterocycles. The van der Waals surface area contributed by atoms with Crippen molar-refractivity contribution in [1.29, 1.82) is 0 Å². The average Bonchev–Trinajstić information content (AvgIpc) is 3.44. The van der Waals surface area contributed by atoms with Gasteiger partial charge in [-0.15, -0.1) is 0 Å². The first-order chi connectivity index (χ1) is 16.7. The third-order valence-electron chi connectivity index (χ3n) is 5.85. The van der Waals surface area contributed by atoms with Crippen LogP contribution in [0, 0.1) is 13.8 Å². The maximum atomic E-state index is 13.4. The Labute approximate surface area is 212 Å². The Morgan fingerprint density at radius 2 is 1.86 bits per heavy atom. The number of hydrogen-bond donors (Lipinski definition) is 1. The number of halogens is 1. The quantitative estimate of drug-likeness (QED) is 0.166. The predicted molar refractivity (Wildman–Crippen MR) is 136 cm³/mol. The van der Waals surface area contributed by atoms with Gasteiger partial charge in [0.15, 0.2) is 16.7 Å². The molecule has 0 radical (unpaired) electrons. The number of nitrogens with zero attached hydrogens (tertiary/aromatic N) is 4. The molecule has 1 aromatic carbocycles. The molecule has 0 aliphatic carbocycles. The van der Waals surface area contributed by atoms with Crippen molar-refractivity contribution in [3.63, 3.8) is 0 Å². The summed E-state index contributed by atoms with van der Waals surface area (Å²) in [7, 11) is 0. The monoisotopic (exact) mass is 550 g/mol. The van der Waals surface area contributed by atoms with Gasteiger partial charge in [-0.1, -0.05) is 45.5 Å². The molecule has 4 aromatic rings. The van der Waals surface area contributed by atoms with Crippen LogP contribution in [-0.4, -0.2) is 36.9 Å². The topological polar surface area (TPSA) is 105 Å². The maximum absolute atomic E-state index is 13.4. The Hall–Kier alpha value is -3.63. The van der Waals surface area contributed by atoms with Crippen LogP contribution in [0.5, 0.6) is 0 Å². The number of ketones is 2. The van der Waals surface area contributed by atoms with Gasteiger partial charge in [0.2, 0.25) is 0 Å². The zero-order valence-corrected chi connectivity index (χ0v) is 21.3. The van der Waals surface area contributed by atoms with E-state index >= 15 is 0 Å². The molecule has 1 aliphatic rings. The molecule has 0 saturated carbocycles. The van der Waals surface area contributed by atoms with E-state index in [0.29, 0.717) is 33.2 Å². The molecular formula is C25H19BrN4O4S. The lowest BCUT2D eigenvalue weighted by Gasteiger charge is -2.23. The Bertz CT molecular complexity index is 1590. The summed E-state index contributed by atoms with van der Waals surface area (Å²) < 4.78 is 2.42. The van der Waals surface area contributed by atoms with Crippen LogP contribution in [0.25, 0.3) is 11.4 Å². The molecule has 8 nitrogen and oxygen atoms in total. The molecule has 0 spiro atoms. The zero-order valence-electron chi connectivity index (χ0n) is 18.9. The minimum atomic E-state index is -0.952. The molecule has 10 heteroatoms. The number of carbonyl (C=O) groups is 3. The van der Waals surface area contributed by atoms with Crippen LogP contribution in [0.1, 0.15) is 45.3 Å². The smallest absolute Gasteiger partial charge is 0.301 e. The second-order valence-corrected chi connectivity index (χ2v) is 10.1. The van der Waals surface area contributed by atoms with Crippen LogP contribution in [0.3, 0.4) is 0 Å². The average molecular weight is 551 g/mol. The standard InChI is InChI=1S/C25H19BrN4O4S/c1-12-19(29-10-5-4-9-17(29)27-12)21(32)18-20(15-7-6-8-16(26)11-15)30(24(34)22(18)33)25-28-13(2)23(35-25)14(3)31/h4-11,20,32H,1-3H3/b21-18+. The van der Waals surface area contributed by atoms with Gasteiger partial charge in [0.1, 0.15) is 11.3 Å². The van der Waals surface area contributed by atoms with E-state index in [1.165, 1.54) is 11.8 Å². The van der Waals surface area contributed by atoms with Crippen molar-refractivity contribution in [1.82, 2.24) is 14.4 Å². The molecule has 0 bridgehead atoms. The fourth-order valence-electron chi connectivity index (χ4n) is 4.36. The summed E-state index contributed by atoms with van der Waals surface area (Å²) in [5, 5.41) is 11.7. The van der Waals surface area contributed by atoms with Crippen LogP contribution in [-0.2, 0) is 9.59 Å². The van der Waals surface area contributed by atoms with Gasteiger partial charge in [-0.2, -0.15) is 0 Å². The summed E-state index contributed by atoms with van der Waals surface area (Å²) in [5.41, 5.74) is 2.45. The maximum Gasteiger partial charge on any atom is 0.301 e. The van der Waals surface area contributed by atoms with Gasteiger partial charge in [-0.3, -0.25) is 23.7 Å². The van der Waals surface area contributed by atoms with Gasteiger partial charge in [0, 0.05) is 17.6 Å². The van der Waals surface area contributed by atoms with E-state index in [1.54, 1.807) is 54.8 Å². The largest absolute Gasteiger partial charge is 0.505 e.